The zero-order chi connectivity index (χ0) is 31.2. The molecule has 3 N–H and O–H groups in total. The number of amides is 2. The van der Waals surface area contributed by atoms with Crippen molar-refractivity contribution < 1.29 is 35.7 Å². The third kappa shape index (κ3) is 9.15. The van der Waals surface area contributed by atoms with Crippen molar-refractivity contribution in [2.75, 3.05) is 17.6 Å². The average Bonchev–Trinajstić information content (AvgIpc) is 2.96. The lowest BCUT2D eigenvalue weighted by atomic mass is 9.90. The van der Waals surface area contributed by atoms with Crippen LogP contribution in [0.4, 0.5) is 18.9 Å². The first-order valence-corrected chi connectivity index (χ1v) is 14.9. The molecule has 0 spiro atoms. The second-order valence-electron chi connectivity index (χ2n) is 9.69. The van der Waals surface area contributed by atoms with Gasteiger partial charge in [-0.15, -0.1) is 0 Å². The first-order valence-electron chi connectivity index (χ1n) is 12.9. The van der Waals surface area contributed by atoms with Gasteiger partial charge in [0.2, 0.25) is 5.91 Å². The predicted octanol–water partition coefficient (Wildman–Crippen LogP) is 6.61. The summed E-state index contributed by atoms with van der Waals surface area (Å²) in [5, 5.41) is 5.83. The molecule has 0 aliphatic rings. The van der Waals surface area contributed by atoms with Crippen LogP contribution in [0.3, 0.4) is 0 Å². The van der Waals surface area contributed by atoms with E-state index in [4.69, 9.17) is 16.2 Å². The number of carbonyl (C=O) groups is 2. The van der Waals surface area contributed by atoms with Gasteiger partial charge in [0.1, 0.15) is 0 Å². The molecule has 1 unspecified atom stereocenters. The summed E-state index contributed by atoms with van der Waals surface area (Å²) in [6, 6.07) is 24.9. The van der Waals surface area contributed by atoms with Crippen LogP contribution in [-0.2, 0) is 27.5 Å². The summed E-state index contributed by atoms with van der Waals surface area (Å²) < 4.78 is 70.0. The van der Waals surface area contributed by atoms with Crippen molar-refractivity contribution in [1.29, 1.82) is 0 Å². The van der Waals surface area contributed by atoms with E-state index in [1.165, 1.54) is 24.3 Å². The van der Waals surface area contributed by atoms with E-state index in [0.717, 1.165) is 23.3 Å². The normalized spacial score (nSPS) is 12.4. The monoisotopic (exact) mass is 630 g/mol. The Hall–Kier alpha value is -4.19. The molecule has 7 nitrogen and oxygen atoms in total. The summed E-state index contributed by atoms with van der Waals surface area (Å²) in [5.74, 6) is -2.50. The summed E-state index contributed by atoms with van der Waals surface area (Å²) in [5.41, 5.74) is 2.71. The van der Waals surface area contributed by atoms with Crippen molar-refractivity contribution in [3.05, 3.63) is 124 Å². The van der Waals surface area contributed by atoms with Gasteiger partial charge < -0.3 is 10.6 Å². The van der Waals surface area contributed by atoms with E-state index in [-0.39, 0.29) is 18.5 Å². The molecule has 0 aliphatic carbocycles. The highest BCUT2D eigenvalue weighted by Crippen LogP contribution is 2.32. The van der Waals surface area contributed by atoms with Crippen molar-refractivity contribution >= 4 is 39.2 Å². The van der Waals surface area contributed by atoms with E-state index in [1.54, 1.807) is 36.4 Å². The number of benzene rings is 4. The van der Waals surface area contributed by atoms with Crippen LogP contribution < -0.4 is 10.6 Å². The zero-order valence-electron chi connectivity index (χ0n) is 22.4. The highest BCUT2D eigenvalue weighted by molar-refractivity contribution is 7.85. The van der Waals surface area contributed by atoms with E-state index in [2.05, 4.69) is 10.6 Å². The Bertz CT molecular complexity index is 1680. The van der Waals surface area contributed by atoms with Crippen LogP contribution in [-0.4, -0.2) is 37.1 Å². The number of rotatable bonds is 10. The molecule has 2 amide bonds. The molecule has 43 heavy (non-hydrogen) atoms. The number of nitrogens with one attached hydrogen (secondary N) is 2. The molecule has 0 saturated heterocycles. The van der Waals surface area contributed by atoms with E-state index >= 15 is 0 Å². The topological polar surface area (TPSA) is 113 Å². The highest BCUT2D eigenvalue weighted by Gasteiger charge is 2.31. The van der Waals surface area contributed by atoms with Crippen LogP contribution >= 0.6 is 11.6 Å². The van der Waals surface area contributed by atoms with Crippen LogP contribution in [0.2, 0.25) is 5.02 Å². The Labute approximate surface area is 251 Å². The summed E-state index contributed by atoms with van der Waals surface area (Å²) in [6.07, 6.45) is -4.41. The summed E-state index contributed by atoms with van der Waals surface area (Å²) in [6.45, 7) is -0.281. The molecule has 0 saturated carbocycles. The SMILES string of the molecule is O=C(NCCS(=O)(=O)O)c1ccc(CC(C(=O)Nc2ccc(-c3ccc(Cl)cc3)cc2)c2ccc(C(F)(F)F)cc2)cc1. The van der Waals surface area contributed by atoms with Gasteiger partial charge in [0, 0.05) is 22.8 Å². The number of carbonyl (C=O) groups excluding carboxylic acids is 2. The smallest absolute Gasteiger partial charge is 0.351 e. The van der Waals surface area contributed by atoms with E-state index in [1.807, 2.05) is 24.3 Å². The van der Waals surface area contributed by atoms with E-state index < -0.39 is 45.3 Å². The van der Waals surface area contributed by atoms with Gasteiger partial charge in [-0.2, -0.15) is 21.6 Å². The Morgan fingerprint density at radius 1 is 0.814 bits per heavy atom. The molecule has 224 valence electrons. The molecule has 0 radical (unpaired) electrons. The predicted molar refractivity (Wildman–Crippen MR) is 159 cm³/mol. The average molecular weight is 631 g/mol. The summed E-state index contributed by atoms with van der Waals surface area (Å²) in [4.78, 5) is 25.8. The van der Waals surface area contributed by atoms with Gasteiger partial charge in [-0.3, -0.25) is 14.1 Å². The van der Waals surface area contributed by atoms with Crippen molar-refractivity contribution in [3.8, 4) is 11.1 Å². The van der Waals surface area contributed by atoms with E-state index in [9.17, 15) is 31.2 Å². The Morgan fingerprint density at radius 3 is 1.91 bits per heavy atom. The van der Waals surface area contributed by atoms with E-state index in [0.29, 0.717) is 21.8 Å². The molecule has 1 atom stereocenters. The minimum absolute atomic E-state index is 0.116. The quantitative estimate of drug-likeness (QED) is 0.171. The Morgan fingerprint density at radius 2 is 1.37 bits per heavy atom. The van der Waals surface area contributed by atoms with Gasteiger partial charge in [0.05, 0.1) is 17.2 Å². The van der Waals surface area contributed by atoms with Gasteiger partial charge in [0.25, 0.3) is 16.0 Å². The van der Waals surface area contributed by atoms with Crippen LogP contribution in [0.15, 0.2) is 97.1 Å². The van der Waals surface area contributed by atoms with Crippen molar-refractivity contribution in [1.82, 2.24) is 5.32 Å². The lowest BCUT2D eigenvalue weighted by molar-refractivity contribution is -0.137. The minimum atomic E-state index is -4.53. The zero-order valence-corrected chi connectivity index (χ0v) is 24.0. The number of hydrogen-bond donors (Lipinski definition) is 3. The van der Waals surface area contributed by atoms with Crippen LogP contribution in [0.1, 0.15) is 33.0 Å². The number of anilines is 1. The fourth-order valence-corrected chi connectivity index (χ4v) is 4.79. The van der Waals surface area contributed by atoms with Crippen LogP contribution in [0.5, 0.6) is 0 Å². The van der Waals surface area contributed by atoms with Gasteiger partial charge in [-0.1, -0.05) is 60.1 Å². The maximum atomic E-state index is 13.5. The number of halogens is 4. The third-order valence-electron chi connectivity index (χ3n) is 6.59. The maximum Gasteiger partial charge on any atom is 0.416 e. The Balaban J connectivity index is 1.52. The molecule has 0 aromatic heterocycles. The largest absolute Gasteiger partial charge is 0.416 e. The molecule has 4 aromatic rings. The Kier molecular flexibility index (Phi) is 9.90. The molecule has 4 rings (SSSR count). The van der Waals surface area contributed by atoms with Crippen LogP contribution in [0.25, 0.3) is 11.1 Å². The lowest BCUT2D eigenvalue weighted by Gasteiger charge is -2.19. The molecule has 4 aromatic carbocycles. The first kappa shape index (κ1) is 31.7. The van der Waals surface area contributed by atoms with Gasteiger partial charge in [-0.25, -0.2) is 0 Å². The fourth-order valence-electron chi connectivity index (χ4n) is 4.31. The first-order chi connectivity index (χ1) is 20.3. The fraction of sp³-hybridized carbons (Fsp3) is 0.161. The molecule has 12 heteroatoms. The molecular weight excluding hydrogens is 605 g/mol. The van der Waals surface area contributed by atoms with Crippen molar-refractivity contribution in [2.24, 2.45) is 0 Å². The molecule has 0 bridgehead atoms. The highest BCUT2D eigenvalue weighted by atomic mass is 35.5. The third-order valence-corrected chi connectivity index (χ3v) is 7.56. The van der Waals surface area contributed by atoms with Gasteiger partial charge >= 0.3 is 6.18 Å². The van der Waals surface area contributed by atoms with Crippen molar-refractivity contribution in [2.45, 2.75) is 18.5 Å². The summed E-state index contributed by atoms with van der Waals surface area (Å²) in [7, 11) is -4.23. The second-order valence-corrected chi connectivity index (χ2v) is 11.7. The number of alkyl halides is 3. The maximum absolute atomic E-state index is 13.5. The summed E-state index contributed by atoms with van der Waals surface area (Å²) >= 11 is 5.96. The standard InChI is InChI=1S/C31H26ClF3N2O5S/c32-26-13-7-21(8-14-26)22-9-15-27(16-10-22)37-30(39)28(23-5-11-25(12-6-23)31(33,34)35)19-20-1-3-24(4-2-20)29(38)36-17-18-43(40,41)42/h1-16,28H,17-19H2,(H,36,38)(H,37,39)(H,40,41,42). The van der Waals surface area contributed by atoms with Gasteiger partial charge in [-0.05, 0) is 77.2 Å². The molecular formula is C31H26ClF3N2O5S. The molecule has 0 heterocycles. The minimum Gasteiger partial charge on any atom is -0.351 e. The number of hydrogen-bond acceptors (Lipinski definition) is 4. The van der Waals surface area contributed by atoms with Gasteiger partial charge in [0.15, 0.2) is 0 Å². The second kappa shape index (κ2) is 13.4. The van der Waals surface area contributed by atoms with Crippen molar-refractivity contribution in [3.63, 3.8) is 0 Å². The van der Waals surface area contributed by atoms with Crippen LogP contribution in [0, 0.1) is 0 Å². The molecule has 0 aliphatic heterocycles. The lowest BCUT2D eigenvalue weighted by Crippen LogP contribution is -2.28. The molecule has 0 fully saturated rings.